The van der Waals surface area contributed by atoms with E-state index in [0.717, 1.165) is 42.5 Å². The van der Waals surface area contributed by atoms with Gasteiger partial charge in [0.2, 0.25) is 6.93 Å². The quantitative estimate of drug-likeness (QED) is 0.388. The molecular weight excluding hydrogens is 467 g/mol. The molecule has 1 unspecified atom stereocenters. The van der Waals surface area contributed by atoms with Gasteiger partial charge in [0.05, 0.1) is 5.69 Å². The third kappa shape index (κ3) is 5.49. The van der Waals surface area contributed by atoms with Crippen LogP contribution in [0.5, 0.6) is 0 Å². The second-order valence-corrected chi connectivity index (χ2v) is 11.4. The van der Waals surface area contributed by atoms with Crippen LogP contribution in [0.2, 0.25) is 0 Å². The van der Waals surface area contributed by atoms with Crippen molar-refractivity contribution in [3.8, 4) is 11.1 Å². The highest BCUT2D eigenvalue weighted by Crippen LogP contribution is 2.50. The lowest BCUT2D eigenvalue weighted by molar-refractivity contribution is 0.217. The molecule has 0 amide bonds. The molecule has 1 aromatic carbocycles. The number of halogens is 3. The molecule has 1 saturated carbocycles. The molecule has 0 bridgehead atoms. The Morgan fingerprint density at radius 2 is 1.77 bits per heavy atom. The summed E-state index contributed by atoms with van der Waals surface area (Å²) in [6.45, 7) is 5.24. The van der Waals surface area contributed by atoms with Crippen molar-refractivity contribution in [1.82, 2.24) is 4.98 Å². The van der Waals surface area contributed by atoms with E-state index in [9.17, 15) is 18.3 Å². The van der Waals surface area contributed by atoms with Crippen molar-refractivity contribution in [3.05, 3.63) is 75.0 Å². The third-order valence-corrected chi connectivity index (χ3v) is 8.07. The minimum Gasteiger partial charge on any atom is -0.384 e. The summed E-state index contributed by atoms with van der Waals surface area (Å²) < 4.78 is 32.9. The number of aliphatic hydroxyl groups excluding tert-OH is 1. The zero-order valence-electron chi connectivity index (χ0n) is 20.7. The molecule has 0 aliphatic heterocycles. The van der Waals surface area contributed by atoms with E-state index in [4.69, 9.17) is 4.98 Å². The van der Waals surface area contributed by atoms with Crippen LogP contribution in [0.1, 0.15) is 98.9 Å². The number of aromatic nitrogens is 1. The topological polar surface area (TPSA) is 33.1 Å². The van der Waals surface area contributed by atoms with Crippen LogP contribution in [0.4, 0.5) is 13.2 Å². The zero-order chi connectivity index (χ0) is 25.2. The molecule has 2 atom stereocenters. The van der Waals surface area contributed by atoms with Crippen LogP contribution in [-0.4, -0.2) is 17.0 Å². The Labute approximate surface area is 210 Å². The molecule has 1 fully saturated rings. The normalized spacial score (nSPS) is 20.1. The molecule has 3 aromatic rings. The molecule has 2 aliphatic rings. The number of alkyl halides is 2. The Hall–Kier alpha value is -2.18. The maximum Gasteiger partial charge on any atom is 0.229 e. The van der Waals surface area contributed by atoms with Crippen molar-refractivity contribution in [3.63, 3.8) is 0 Å². The smallest absolute Gasteiger partial charge is 0.229 e. The Morgan fingerprint density at radius 3 is 2.37 bits per heavy atom. The fourth-order valence-electron chi connectivity index (χ4n) is 6.12. The number of nitrogens with zero attached hydrogens (tertiary/aromatic N) is 1. The molecule has 35 heavy (non-hydrogen) atoms. The fraction of sp³-hybridized carbons (Fsp3) is 0.483. The van der Waals surface area contributed by atoms with Gasteiger partial charge in [-0.05, 0) is 88.2 Å². The van der Waals surface area contributed by atoms with E-state index in [1.807, 2.05) is 0 Å². The van der Waals surface area contributed by atoms with Crippen LogP contribution in [0, 0.1) is 11.2 Å². The number of benzene rings is 1. The van der Waals surface area contributed by atoms with Crippen LogP contribution in [0.15, 0.2) is 41.1 Å². The number of fused-ring (bicyclic) bond motifs is 1. The zero-order valence-corrected chi connectivity index (χ0v) is 21.5. The number of hydrogen-bond acceptors (Lipinski definition) is 3. The minimum atomic E-state index is -1.75. The molecule has 6 heteroatoms. The van der Waals surface area contributed by atoms with Crippen LogP contribution >= 0.6 is 11.3 Å². The largest absolute Gasteiger partial charge is 0.384 e. The molecule has 1 N–H and O–H groups in total. The van der Waals surface area contributed by atoms with Gasteiger partial charge in [-0.1, -0.05) is 45.7 Å². The highest BCUT2D eigenvalue weighted by Gasteiger charge is 2.37. The maximum atomic E-state index is 13.6. The highest BCUT2D eigenvalue weighted by atomic mass is 32.1. The Morgan fingerprint density at radius 1 is 1.11 bits per heavy atom. The molecular formula is C29H34F3NOS. The average Bonchev–Trinajstić information content (AvgIpc) is 3.52. The molecule has 0 radical (unpaired) electrons. The second kappa shape index (κ2) is 10.8. The van der Waals surface area contributed by atoms with E-state index >= 15 is 0 Å². The number of rotatable bonds is 4. The molecule has 188 valence electrons. The first kappa shape index (κ1) is 25.9. The molecule has 0 saturated heterocycles. The van der Waals surface area contributed by atoms with Crippen molar-refractivity contribution >= 4 is 11.3 Å². The first-order valence-electron chi connectivity index (χ1n) is 12.4. The predicted octanol–water partition coefficient (Wildman–Crippen LogP) is 8.65. The van der Waals surface area contributed by atoms with Gasteiger partial charge < -0.3 is 5.11 Å². The van der Waals surface area contributed by atoms with Crippen molar-refractivity contribution in [1.29, 1.82) is 0 Å². The Bertz CT molecular complexity index is 1120. The number of pyridine rings is 1. The predicted molar refractivity (Wildman–Crippen MR) is 137 cm³/mol. The van der Waals surface area contributed by atoms with E-state index in [1.165, 1.54) is 47.4 Å². The summed E-state index contributed by atoms with van der Waals surface area (Å²) >= 11 is 1.69. The van der Waals surface area contributed by atoms with Crippen molar-refractivity contribution in [2.75, 3.05) is 6.93 Å². The average molecular weight is 502 g/mol. The molecule has 2 nitrogen and oxygen atoms in total. The molecule has 2 heterocycles. The van der Waals surface area contributed by atoms with Crippen molar-refractivity contribution < 1.29 is 18.3 Å². The first-order valence-corrected chi connectivity index (χ1v) is 13.3. The third-order valence-electron chi connectivity index (χ3n) is 7.39. The Balaban J connectivity index is 0.000000917. The number of thiophene rings is 1. The summed E-state index contributed by atoms with van der Waals surface area (Å²) in [5.41, 5.74) is 7.85. The minimum absolute atomic E-state index is 0.218. The van der Waals surface area contributed by atoms with Crippen LogP contribution in [0.3, 0.4) is 0 Å². The summed E-state index contributed by atoms with van der Waals surface area (Å²) in [5, 5.41) is 16.0. The second-order valence-electron chi connectivity index (χ2n) is 10.6. The lowest BCUT2D eigenvalue weighted by atomic mass is 9.68. The molecule has 2 aliphatic carbocycles. The lowest BCUT2D eigenvalue weighted by Crippen LogP contribution is -2.28. The van der Waals surface area contributed by atoms with Gasteiger partial charge in [0, 0.05) is 17.2 Å². The highest BCUT2D eigenvalue weighted by molar-refractivity contribution is 7.08. The van der Waals surface area contributed by atoms with Gasteiger partial charge in [-0.25, -0.2) is 13.2 Å². The van der Waals surface area contributed by atoms with E-state index in [-0.39, 0.29) is 11.2 Å². The van der Waals surface area contributed by atoms with Crippen molar-refractivity contribution in [2.24, 2.45) is 5.41 Å². The number of hydrogen-bond donors (Lipinski definition) is 1. The lowest BCUT2D eigenvalue weighted by Gasteiger charge is -2.38. The van der Waals surface area contributed by atoms with E-state index < -0.39 is 13.0 Å². The van der Waals surface area contributed by atoms with E-state index in [1.54, 1.807) is 23.5 Å². The maximum absolute atomic E-state index is 13.6. The summed E-state index contributed by atoms with van der Waals surface area (Å²) in [7, 11) is 0. The molecule has 2 aromatic heterocycles. The van der Waals surface area contributed by atoms with E-state index in [2.05, 4.69) is 37.6 Å². The fourth-order valence-corrected chi connectivity index (χ4v) is 6.77. The number of aliphatic hydroxyl groups is 1. The summed E-state index contributed by atoms with van der Waals surface area (Å²) in [4.78, 5) is 5.35. The summed E-state index contributed by atoms with van der Waals surface area (Å²) in [6, 6.07) is 8.47. The van der Waals surface area contributed by atoms with Gasteiger partial charge in [-0.2, -0.15) is 11.3 Å². The summed E-state index contributed by atoms with van der Waals surface area (Å²) in [6.07, 6.45) is 5.93. The van der Waals surface area contributed by atoms with Crippen LogP contribution in [-0.2, 0) is 6.42 Å². The molecule has 5 rings (SSSR count). The first-order chi connectivity index (χ1) is 16.8. The van der Waals surface area contributed by atoms with Crippen molar-refractivity contribution in [2.45, 2.75) is 77.2 Å². The Kier molecular flexibility index (Phi) is 8.02. The van der Waals surface area contributed by atoms with Gasteiger partial charge in [-0.3, -0.25) is 4.98 Å². The summed E-state index contributed by atoms with van der Waals surface area (Å²) in [5.74, 6) is 0.463. The van der Waals surface area contributed by atoms with Gasteiger partial charge in [0.15, 0.2) is 0 Å². The van der Waals surface area contributed by atoms with Gasteiger partial charge >= 0.3 is 0 Å². The monoisotopic (exact) mass is 501 g/mol. The van der Waals surface area contributed by atoms with Gasteiger partial charge in [0.25, 0.3) is 0 Å². The SMILES string of the molecule is C[C@H]1CC(C)(C)Cc2nc(C3CCCC3)c(C(O)c3ccc(F)cc3)c(-c3ccsc3)c21.FCF. The molecule has 0 spiro atoms. The van der Waals surface area contributed by atoms with Gasteiger partial charge in [0.1, 0.15) is 11.9 Å². The standard InChI is InChI=1S/C28H32FNOS.CH2F2/c1-17-14-28(2,3)15-22-23(17)24(20-12-13-32-16-20)25(26(30-22)18-6-4-5-7-18)27(31)19-8-10-21(29)11-9-19;2-1-3/h8-13,16-18,27,31H,4-7,14-15H2,1-3H3;1H2/t17-,27?;/m0./s1. The van der Waals surface area contributed by atoms with E-state index in [0.29, 0.717) is 11.8 Å². The van der Waals surface area contributed by atoms with Gasteiger partial charge in [-0.15, -0.1) is 0 Å². The van der Waals surface area contributed by atoms with Crippen LogP contribution in [0.25, 0.3) is 11.1 Å². The van der Waals surface area contributed by atoms with Crippen LogP contribution < -0.4 is 0 Å².